The molecule has 0 aliphatic heterocycles. The first-order valence-corrected chi connectivity index (χ1v) is 9.59. The quantitative estimate of drug-likeness (QED) is 0.228. The molecule has 33 heavy (non-hydrogen) atoms. The Morgan fingerprint density at radius 2 is 1.58 bits per heavy atom. The van der Waals surface area contributed by atoms with Crippen LogP contribution in [0.3, 0.4) is 0 Å². The van der Waals surface area contributed by atoms with Gasteiger partial charge in [0.15, 0.2) is 0 Å². The number of carboxylic acids is 1. The van der Waals surface area contributed by atoms with E-state index in [9.17, 15) is 18.0 Å². The Morgan fingerprint density at radius 1 is 1.03 bits per heavy atom. The molecule has 0 radical (unpaired) electrons. The topological polar surface area (TPSA) is 163 Å². The molecular formula is C22H25F3N4O4. The smallest absolute Gasteiger partial charge is 0.475 e. The molecule has 0 aliphatic carbocycles. The van der Waals surface area contributed by atoms with Crippen LogP contribution in [-0.2, 0) is 20.7 Å². The van der Waals surface area contributed by atoms with Gasteiger partial charge in [0.1, 0.15) is 11.7 Å². The fourth-order valence-electron chi connectivity index (χ4n) is 2.82. The summed E-state index contributed by atoms with van der Waals surface area (Å²) in [4.78, 5) is 20.7. The van der Waals surface area contributed by atoms with Crippen molar-refractivity contribution in [2.45, 2.75) is 31.4 Å². The first-order valence-electron chi connectivity index (χ1n) is 9.59. The van der Waals surface area contributed by atoms with Crippen LogP contribution in [0.15, 0.2) is 48.5 Å². The van der Waals surface area contributed by atoms with Crippen molar-refractivity contribution in [2.24, 2.45) is 11.5 Å². The highest BCUT2D eigenvalue weighted by Gasteiger charge is 2.38. The van der Waals surface area contributed by atoms with E-state index in [1.807, 2.05) is 42.5 Å². The van der Waals surface area contributed by atoms with Gasteiger partial charge in [-0.1, -0.05) is 42.5 Å². The Morgan fingerprint density at radius 3 is 2.03 bits per heavy atom. The van der Waals surface area contributed by atoms with E-state index in [1.165, 1.54) is 7.11 Å². The number of hydrogen-bond acceptors (Lipinski definition) is 5. The minimum Gasteiger partial charge on any atom is -0.475 e. The van der Waals surface area contributed by atoms with Crippen LogP contribution in [0.2, 0.25) is 0 Å². The maximum atomic E-state index is 11.8. The van der Waals surface area contributed by atoms with Crippen molar-refractivity contribution in [1.29, 1.82) is 10.8 Å². The van der Waals surface area contributed by atoms with Gasteiger partial charge in [-0.15, -0.1) is 0 Å². The lowest BCUT2D eigenvalue weighted by Crippen LogP contribution is -2.21. The van der Waals surface area contributed by atoms with Crippen LogP contribution >= 0.6 is 0 Å². The fraction of sp³-hybridized carbons (Fsp3) is 0.273. The predicted molar refractivity (Wildman–Crippen MR) is 116 cm³/mol. The van der Waals surface area contributed by atoms with Gasteiger partial charge >= 0.3 is 18.1 Å². The second-order valence-corrected chi connectivity index (χ2v) is 6.97. The Labute approximate surface area is 188 Å². The zero-order valence-corrected chi connectivity index (χ0v) is 17.8. The van der Waals surface area contributed by atoms with Crippen molar-refractivity contribution in [2.75, 3.05) is 7.11 Å². The van der Waals surface area contributed by atoms with Gasteiger partial charge < -0.3 is 21.3 Å². The standard InChI is InChI=1S/C20H24N4O2.C2HF3O2/c1-26-18(25)12-16(15-3-2-4-17(11-15)20(23)24)10-7-13-5-8-14(9-6-13)19(21)22;3-2(4,5)1(6)7/h2-6,8-9,11,16H,7,10,12H2,1H3,(H3,21,22)(H3,23,24);(H,6,7). The van der Waals surface area contributed by atoms with Gasteiger partial charge in [-0.3, -0.25) is 15.6 Å². The number of nitrogens with one attached hydrogen (secondary N) is 2. The number of carbonyl (C=O) groups is 2. The molecule has 0 aliphatic rings. The molecule has 0 amide bonds. The van der Waals surface area contributed by atoms with Crippen LogP contribution in [0.4, 0.5) is 13.2 Å². The summed E-state index contributed by atoms with van der Waals surface area (Å²) in [5.41, 5.74) is 14.4. The number of ether oxygens (including phenoxy) is 1. The lowest BCUT2D eigenvalue weighted by Gasteiger charge is -2.17. The third-order valence-corrected chi connectivity index (χ3v) is 4.60. The van der Waals surface area contributed by atoms with Gasteiger partial charge in [0.25, 0.3) is 0 Å². The summed E-state index contributed by atoms with van der Waals surface area (Å²) in [5, 5.41) is 22.2. The molecular weight excluding hydrogens is 441 g/mol. The minimum atomic E-state index is -5.08. The van der Waals surface area contributed by atoms with E-state index in [1.54, 1.807) is 6.07 Å². The Kier molecular flexibility index (Phi) is 10.1. The van der Waals surface area contributed by atoms with Gasteiger partial charge in [0, 0.05) is 11.1 Å². The van der Waals surface area contributed by atoms with E-state index in [0.29, 0.717) is 11.1 Å². The van der Waals surface area contributed by atoms with E-state index in [-0.39, 0.29) is 30.0 Å². The van der Waals surface area contributed by atoms with Gasteiger partial charge in [0.2, 0.25) is 0 Å². The summed E-state index contributed by atoms with van der Waals surface area (Å²) in [7, 11) is 1.38. The van der Waals surface area contributed by atoms with E-state index < -0.39 is 12.1 Å². The zero-order chi connectivity index (χ0) is 25.2. The second kappa shape index (κ2) is 12.2. The predicted octanol–water partition coefficient (Wildman–Crippen LogP) is 3.17. The first kappa shape index (κ1) is 27.1. The molecule has 0 saturated heterocycles. The summed E-state index contributed by atoms with van der Waals surface area (Å²) < 4.78 is 36.6. The molecule has 0 fully saturated rings. The number of nitrogen functional groups attached to an aromatic ring is 2. The fourth-order valence-corrected chi connectivity index (χ4v) is 2.82. The van der Waals surface area contributed by atoms with Gasteiger partial charge in [-0.05, 0) is 36.0 Å². The number of aryl methyl sites for hydroxylation is 1. The van der Waals surface area contributed by atoms with Crippen molar-refractivity contribution >= 4 is 23.6 Å². The largest absolute Gasteiger partial charge is 0.490 e. The maximum absolute atomic E-state index is 11.8. The van der Waals surface area contributed by atoms with Crippen molar-refractivity contribution in [3.05, 3.63) is 70.8 Å². The number of aliphatic carboxylic acids is 1. The van der Waals surface area contributed by atoms with Crippen molar-refractivity contribution in [1.82, 2.24) is 0 Å². The third kappa shape index (κ3) is 9.42. The molecule has 7 N–H and O–H groups in total. The lowest BCUT2D eigenvalue weighted by molar-refractivity contribution is -0.192. The van der Waals surface area contributed by atoms with Crippen LogP contribution < -0.4 is 11.5 Å². The number of amidine groups is 2. The Hall–Kier alpha value is -3.89. The van der Waals surface area contributed by atoms with Crippen LogP contribution in [0.1, 0.15) is 41.0 Å². The molecule has 2 rings (SSSR count). The van der Waals surface area contributed by atoms with E-state index in [4.69, 9.17) is 36.9 Å². The molecule has 2 aromatic rings. The SMILES string of the molecule is COC(=O)CC(CCc1ccc(C(=N)N)cc1)c1cccc(C(=N)N)c1.O=C(O)C(F)(F)F. The second-order valence-electron chi connectivity index (χ2n) is 6.97. The van der Waals surface area contributed by atoms with Crippen molar-refractivity contribution in [3.8, 4) is 0 Å². The van der Waals surface area contributed by atoms with Crippen LogP contribution in [0.25, 0.3) is 0 Å². The number of halogens is 3. The molecule has 2 aromatic carbocycles. The third-order valence-electron chi connectivity index (χ3n) is 4.60. The Bertz CT molecular complexity index is 992. The molecule has 0 aromatic heterocycles. The number of esters is 1. The summed E-state index contributed by atoms with van der Waals surface area (Å²) in [6.07, 6.45) is -3.30. The van der Waals surface area contributed by atoms with Gasteiger partial charge in [0.05, 0.1) is 13.5 Å². The van der Waals surface area contributed by atoms with Gasteiger partial charge in [-0.25, -0.2) is 4.79 Å². The zero-order valence-electron chi connectivity index (χ0n) is 17.8. The van der Waals surface area contributed by atoms with Crippen LogP contribution in [0, 0.1) is 10.8 Å². The van der Waals surface area contributed by atoms with Crippen molar-refractivity contribution in [3.63, 3.8) is 0 Å². The summed E-state index contributed by atoms with van der Waals surface area (Å²) >= 11 is 0. The molecule has 0 bridgehead atoms. The summed E-state index contributed by atoms with van der Waals surface area (Å²) in [6, 6.07) is 15.0. The lowest BCUT2D eigenvalue weighted by atomic mass is 9.88. The summed E-state index contributed by atoms with van der Waals surface area (Å²) in [6.45, 7) is 0. The molecule has 178 valence electrons. The number of carbonyl (C=O) groups excluding carboxylic acids is 1. The average molecular weight is 466 g/mol. The number of carboxylic acid groups (broad SMARTS) is 1. The number of nitrogens with two attached hydrogens (primary N) is 2. The molecule has 1 atom stereocenters. The molecule has 0 saturated carbocycles. The number of methoxy groups -OCH3 is 1. The highest BCUT2D eigenvalue weighted by atomic mass is 19.4. The van der Waals surface area contributed by atoms with Gasteiger partial charge in [-0.2, -0.15) is 13.2 Å². The number of benzene rings is 2. The minimum absolute atomic E-state index is 0.00323. The Balaban J connectivity index is 0.000000675. The maximum Gasteiger partial charge on any atom is 0.490 e. The molecule has 0 spiro atoms. The van der Waals surface area contributed by atoms with Crippen molar-refractivity contribution < 1.29 is 32.6 Å². The monoisotopic (exact) mass is 466 g/mol. The first-order chi connectivity index (χ1) is 15.3. The molecule has 11 heteroatoms. The van der Waals surface area contributed by atoms with Crippen LogP contribution in [0.5, 0.6) is 0 Å². The molecule has 1 unspecified atom stereocenters. The van der Waals surface area contributed by atoms with Crippen LogP contribution in [-0.4, -0.2) is 42.0 Å². The summed E-state index contributed by atoms with van der Waals surface area (Å²) in [5.74, 6) is -3.01. The average Bonchev–Trinajstić information content (AvgIpc) is 2.76. The van der Waals surface area contributed by atoms with E-state index in [0.717, 1.165) is 24.0 Å². The molecule has 8 nitrogen and oxygen atoms in total. The molecule has 0 heterocycles. The van der Waals surface area contributed by atoms with E-state index >= 15 is 0 Å². The number of rotatable bonds is 8. The normalized spacial score (nSPS) is 11.5. The number of hydrogen-bond donors (Lipinski definition) is 5. The number of alkyl halides is 3. The van der Waals surface area contributed by atoms with E-state index in [2.05, 4.69) is 0 Å². The highest BCUT2D eigenvalue weighted by molar-refractivity contribution is 5.95. The highest BCUT2D eigenvalue weighted by Crippen LogP contribution is 2.27.